The zero-order chi connectivity index (χ0) is 34.7. The third-order valence-electron chi connectivity index (χ3n) is 11.1. The summed E-state index contributed by atoms with van der Waals surface area (Å²) >= 11 is 7.82. The van der Waals surface area contributed by atoms with Gasteiger partial charge in [0.15, 0.2) is 0 Å². The van der Waals surface area contributed by atoms with Crippen LogP contribution in [0.2, 0.25) is 5.02 Å². The lowest BCUT2D eigenvalue weighted by atomic mass is 9.51. The van der Waals surface area contributed by atoms with E-state index in [1.54, 1.807) is 49.6 Å². The number of allylic oxidation sites excluding steroid dienone is 2. The van der Waals surface area contributed by atoms with Crippen LogP contribution in [0.5, 0.6) is 5.75 Å². The molecule has 1 N–H and O–H groups in total. The number of para-hydroxylation sites is 1. The van der Waals surface area contributed by atoms with Gasteiger partial charge in [0.1, 0.15) is 17.3 Å². The third kappa shape index (κ3) is 4.19. The number of halogens is 1. The summed E-state index contributed by atoms with van der Waals surface area (Å²) in [6.07, 6.45) is 1.07. The number of methoxy groups -OCH3 is 1. The van der Waals surface area contributed by atoms with Gasteiger partial charge in [0.05, 0.1) is 35.2 Å². The Labute approximate surface area is 289 Å². The van der Waals surface area contributed by atoms with Gasteiger partial charge in [-0.05, 0) is 67.8 Å². The van der Waals surface area contributed by atoms with Gasteiger partial charge >= 0.3 is 6.09 Å². The van der Waals surface area contributed by atoms with Gasteiger partial charge in [-0.3, -0.25) is 23.9 Å². The van der Waals surface area contributed by atoms with E-state index in [4.69, 9.17) is 21.4 Å². The number of hydrogen-bond acceptors (Lipinski definition) is 9. The fraction of sp³-hybridized carbons (Fsp3) is 0.333. The Morgan fingerprint density at radius 3 is 2.55 bits per heavy atom. The molecule has 0 unspecified atom stereocenters. The molecule has 2 aromatic carbocycles. The highest BCUT2D eigenvalue weighted by Gasteiger charge is 2.68. The highest BCUT2D eigenvalue weighted by Crippen LogP contribution is 2.64. The molecule has 5 amide bonds. The van der Waals surface area contributed by atoms with Crippen LogP contribution >= 0.6 is 22.9 Å². The number of aryl methyl sites for hydroxylation is 2. The molecule has 250 valence electrons. The minimum Gasteiger partial charge on any atom is -0.508 e. The first-order valence-electron chi connectivity index (χ1n) is 15.9. The maximum atomic E-state index is 14.9. The summed E-state index contributed by atoms with van der Waals surface area (Å²) in [5.74, 6) is -6.05. The summed E-state index contributed by atoms with van der Waals surface area (Å²) in [6, 6.07) is 14.1. The number of thiophene rings is 1. The first-order valence-corrected chi connectivity index (χ1v) is 17.1. The maximum absolute atomic E-state index is 14.9. The van der Waals surface area contributed by atoms with Gasteiger partial charge in [0.25, 0.3) is 0 Å². The number of hydrogen-bond donors (Lipinski definition) is 1. The third-order valence-corrected chi connectivity index (χ3v) is 12.6. The lowest BCUT2D eigenvalue weighted by molar-refractivity contribution is -0.138. The Morgan fingerprint density at radius 2 is 1.82 bits per heavy atom. The lowest BCUT2D eigenvalue weighted by Gasteiger charge is -2.49. The number of likely N-dealkylation sites (tertiary alicyclic amines) is 1. The van der Waals surface area contributed by atoms with Crippen LogP contribution in [0.15, 0.2) is 60.2 Å². The zero-order valence-electron chi connectivity index (χ0n) is 27.0. The van der Waals surface area contributed by atoms with Crippen LogP contribution in [0, 0.1) is 36.0 Å². The van der Waals surface area contributed by atoms with Crippen LogP contribution < -0.4 is 4.90 Å². The first kappa shape index (κ1) is 31.5. The summed E-state index contributed by atoms with van der Waals surface area (Å²) in [5.41, 5.74) is 1.37. The van der Waals surface area contributed by atoms with E-state index < -0.39 is 64.7 Å². The number of imide groups is 4. The number of phenols is 1. The molecule has 11 nitrogen and oxygen atoms in total. The van der Waals surface area contributed by atoms with Gasteiger partial charge in [0, 0.05) is 34.3 Å². The molecule has 4 aliphatic rings. The second-order valence-electron chi connectivity index (χ2n) is 13.4. The molecule has 0 bridgehead atoms. The van der Waals surface area contributed by atoms with Crippen molar-refractivity contribution in [1.82, 2.24) is 14.7 Å². The fourth-order valence-electron chi connectivity index (χ4n) is 8.80. The molecule has 3 fully saturated rings. The number of rotatable bonds is 3. The summed E-state index contributed by atoms with van der Waals surface area (Å²) in [4.78, 5) is 71.7. The molecule has 4 aromatic rings. The number of anilines is 1. The molecule has 4 heterocycles. The van der Waals surface area contributed by atoms with Crippen molar-refractivity contribution in [3.63, 3.8) is 0 Å². The molecule has 0 radical (unpaired) electrons. The number of carbonyl (C=O) groups is 5. The number of aromatic nitrogens is 2. The van der Waals surface area contributed by atoms with Crippen molar-refractivity contribution < 1.29 is 33.8 Å². The SMILES string of the molecule is COC(=O)N1C(=O)[C@H]2[C@H](CC=C3[C@H]2C[C@H]2C(=O)N(c4cc(-c5sc6ccc(Cl)cc6c5C)nn4C)C(=O)[C@@]2(C)[C@H]3c2ccccc2O)C1=O. The Bertz CT molecular complexity index is 2210. The molecule has 2 saturated heterocycles. The van der Waals surface area contributed by atoms with E-state index in [1.165, 1.54) is 15.6 Å². The fourth-order valence-corrected chi connectivity index (χ4v) is 10.1. The molecule has 0 spiro atoms. The predicted molar refractivity (Wildman–Crippen MR) is 181 cm³/mol. The van der Waals surface area contributed by atoms with E-state index in [0.29, 0.717) is 32.6 Å². The number of aromatic hydroxyl groups is 1. The van der Waals surface area contributed by atoms with Crippen molar-refractivity contribution in [2.75, 3.05) is 12.0 Å². The number of phenolic OH excluding ortho intramolecular Hbond substituents is 1. The van der Waals surface area contributed by atoms with Crippen LogP contribution in [-0.4, -0.2) is 56.6 Å². The number of carbonyl (C=O) groups excluding carboxylic acids is 5. The van der Waals surface area contributed by atoms with E-state index in [-0.39, 0.29) is 18.6 Å². The van der Waals surface area contributed by atoms with E-state index >= 15 is 0 Å². The molecular weight excluding hydrogens is 668 g/mol. The molecule has 8 rings (SSSR count). The topological polar surface area (TPSA) is 139 Å². The Hall–Kier alpha value is -4.81. The number of amides is 5. The van der Waals surface area contributed by atoms with Gasteiger partial charge < -0.3 is 9.84 Å². The van der Waals surface area contributed by atoms with Gasteiger partial charge in [-0.2, -0.15) is 10.00 Å². The average Bonchev–Trinajstić information content (AvgIpc) is 3.75. The second kappa shape index (κ2) is 10.8. The highest BCUT2D eigenvalue weighted by atomic mass is 35.5. The van der Waals surface area contributed by atoms with Gasteiger partial charge in [0.2, 0.25) is 23.6 Å². The molecule has 49 heavy (non-hydrogen) atoms. The molecule has 2 aromatic heterocycles. The van der Waals surface area contributed by atoms with Crippen molar-refractivity contribution in [2.45, 2.75) is 32.6 Å². The molecule has 2 aliphatic carbocycles. The van der Waals surface area contributed by atoms with Crippen molar-refractivity contribution in [3.8, 4) is 16.3 Å². The summed E-state index contributed by atoms with van der Waals surface area (Å²) < 4.78 is 7.30. The minimum atomic E-state index is -1.35. The van der Waals surface area contributed by atoms with Gasteiger partial charge in [-0.15, -0.1) is 11.3 Å². The smallest absolute Gasteiger partial charge is 0.423 e. The lowest BCUT2D eigenvalue weighted by Crippen LogP contribution is -2.49. The van der Waals surface area contributed by atoms with Gasteiger partial charge in [-0.25, -0.2) is 9.69 Å². The predicted octanol–water partition coefficient (Wildman–Crippen LogP) is 5.97. The number of benzene rings is 2. The van der Waals surface area contributed by atoms with Crippen LogP contribution in [-0.2, 0) is 31.0 Å². The van der Waals surface area contributed by atoms with Crippen LogP contribution in [0.3, 0.4) is 0 Å². The van der Waals surface area contributed by atoms with Crippen LogP contribution in [0.4, 0.5) is 10.6 Å². The normalized spacial score (nSPS) is 27.8. The number of nitrogens with zero attached hydrogens (tertiary/aromatic N) is 4. The summed E-state index contributed by atoms with van der Waals surface area (Å²) in [5, 5.41) is 17.5. The minimum absolute atomic E-state index is 0.0528. The molecule has 2 aliphatic heterocycles. The monoisotopic (exact) mass is 698 g/mol. The Morgan fingerprint density at radius 1 is 1.06 bits per heavy atom. The standard InChI is InChI=1S/C36H31ClN4O7S/c1-16-21-13-17(37)9-12-26(21)49-30(16)24-15-27(39(3)38-24)40-32(44)23-14-22-18(10-11-20-28(22)33(45)41(31(20)43)35(47)48-4)29(36(23,2)34(40)46)19-7-5-6-8-25(19)42/h5-10,12-13,15,20,22-23,28-29,42H,11,14H2,1-4H3/t20-,22+,23-,28-,29+,36+/m0/s1. The molecular formula is C36H31ClN4O7S. The Kier molecular flexibility index (Phi) is 6.96. The summed E-state index contributed by atoms with van der Waals surface area (Å²) in [6.45, 7) is 3.73. The maximum Gasteiger partial charge on any atom is 0.423 e. The zero-order valence-corrected chi connectivity index (χ0v) is 28.5. The summed E-state index contributed by atoms with van der Waals surface area (Å²) in [7, 11) is 2.79. The van der Waals surface area contributed by atoms with Gasteiger partial charge in [-0.1, -0.05) is 41.4 Å². The second-order valence-corrected chi connectivity index (χ2v) is 14.9. The van der Waals surface area contributed by atoms with E-state index in [0.717, 1.165) is 27.6 Å². The van der Waals surface area contributed by atoms with Crippen molar-refractivity contribution in [2.24, 2.45) is 36.1 Å². The van der Waals surface area contributed by atoms with Crippen LogP contribution in [0.1, 0.15) is 36.8 Å². The van der Waals surface area contributed by atoms with E-state index in [2.05, 4.69) is 0 Å². The molecule has 6 atom stereocenters. The van der Waals surface area contributed by atoms with E-state index in [9.17, 15) is 29.1 Å². The largest absolute Gasteiger partial charge is 0.508 e. The molecule has 13 heteroatoms. The van der Waals surface area contributed by atoms with Crippen molar-refractivity contribution >= 4 is 68.6 Å². The molecule has 1 saturated carbocycles. The quantitative estimate of drug-likeness (QED) is 0.204. The highest BCUT2D eigenvalue weighted by molar-refractivity contribution is 7.22. The average molecular weight is 699 g/mol. The van der Waals surface area contributed by atoms with E-state index in [1.807, 2.05) is 31.2 Å². The first-order chi connectivity index (χ1) is 23.4. The number of ether oxygens (including phenoxy) is 1. The van der Waals surface area contributed by atoms with Crippen molar-refractivity contribution in [3.05, 3.63) is 76.3 Å². The van der Waals surface area contributed by atoms with Crippen molar-refractivity contribution in [1.29, 1.82) is 0 Å². The van der Waals surface area contributed by atoms with Crippen LogP contribution in [0.25, 0.3) is 20.7 Å². The Balaban J connectivity index is 1.25. The number of fused-ring (bicyclic) bond motifs is 5.